The van der Waals surface area contributed by atoms with Gasteiger partial charge in [-0.15, -0.1) is 0 Å². The van der Waals surface area contributed by atoms with Gasteiger partial charge in [-0.3, -0.25) is 14.4 Å². The number of para-hydroxylation sites is 2. The molecule has 1 aliphatic rings. The summed E-state index contributed by atoms with van der Waals surface area (Å²) in [5, 5.41) is 11.3. The van der Waals surface area contributed by atoms with Crippen LogP contribution >= 0.6 is 0 Å². The Labute approximate surface area is 151 Å². The molecule has 0 aliphatic carbocycles. The molecule has 2 aromatic rings. The molecule has 0 saturated carbocycles. The molecular formula is C17H18N2O6S. The van der Waals surface area contributed by atoms with Crippen molar-refractivity contribution in [3.8, 4) is 5.75 Å². The van der Waals surface area contributed by atoms with E-state index in [-0.39, 0.29) is 29.7 Å². The molecular weight excluding hydrogens is 360 g/mol. The molecule has 138 valence electrons. The Bertz CT molecular complexity index is 897. The van der Waals surface area contributed by atoms with Gasteiger partial charge >= 0.3 is 5.69 Å². The number of nitro groups is 1. The molecule has 1 atom stereocenters. The minimum Gasteiger partial charge on any atom is -0.484 e. The maximum absolute atomic E-state index is 12.8. The Hall–Kier alpha value is -2.65. The summed E-state index contributed by atoms with van der Waals surface area (Å²) in [5.41, 5.74) is 0.482. The topological polar surface area (TPSA) is 102 Å². The number of nitrogens with zero attached hydrogens (tertiary/aromatic N) is 2. The highest BCUT2D eigenvalue weighted by Crippen LogP contribution is 2.33. The molecule has 0 amide bonds. The Kier molecular flexibility index (Phi) is 5.10. The fourth-order valence-electron chi connectivity index (χ4n) is 2.43. The molecule has 0 spiro atoms. The normalized spacial score (nSPS) is 16.1. The number of epoxide rings is 1. The molecule has 1 heterocycles. The van der Waals surface area contributed by atoms with Gasteiger partial charge in [0.15, 0.2) is 0 Å². The Morgan fingerprint density at radius 1 is 1.23 bits per heavy atom. The number of rotatable bonds is 8. The summed E-state index contributed by atoms with van der Waals surface area (Å²) in [5.74, 6) is -0.445. The minimum absolute atomic E-state index is 0.0296. The first kappa shape index (κ1) is 18.2. The molecule has 1 saturated heterocycles. The van der Waals surface area contributed by atoms with Crippen LogP contribution in [0.4, 0.5) is 11.4 Å². The zero-order chi connectivity index (χ0) is 18.7. The maximum atomic E-state index is 12.8. The molecule has 2 aromatic carbocycles. The summed E-state index contributed by atoms with van der Waals surface area (Å²) in [6, 6.07) is 12.9. The number of ether oxygens (including phenoxy) is 2. The van der Waals surface area contributed by atoms with E-state index in [4.69, 9.17) is 9.47 Å². The van der Waals surface area contributed by atoms with Gasteiger partial charge in [-0.25, -0.2) is 8.42 Å². The van der Waals surface area contributed by atoms with Crippen molar-refractivity contribution < 1.29 is 22.8 Å². The summed E-state index contributed by atoms with van der Waals surface area (Å²) in [7, 11) is -2.31. The Morgan fingerprint density at radius 2 is 1.92 bits per heavy atom. The monoisotopic (exact) mass is 378 g/mol. The van der Waals surface area contributed by atoms with E-state index in [0.29, 0.717) is 12.3 Å². The number of sulfonamides is 1. The van der Waals surface area contributed by atoms with E-state index in [9.17, 15) is 18.5 Å². The molecule has 1 unspecified atom stereocenters. The highest BCUT2D eigenvalue weighted by atomic mass is 32.2. The average Bonchev–Trinajstić information content (AvgIpc) is 3.44. The second-order valence-corrected chi connectivity index (χ2v) is 7.85. The van der Waals surface area contributed by atoms with Crippen molar-refractivity contribution in [2.45, 2.75) is 11.9 Å². The average molecular weight is 378 g/mol. The van der Waals surface area contributed by atoms with Gasteiger partial charge in [-0.1, -0.05) is 30.3 Å². The van der Waals surface area contributed by atoms with Gasteiger partial charge in [-0.05, 0) is 12.1 Å². The third kappa shape index (κ3) is 4.12. The van der Waals surface area contributed by atoms with E-state index >= 15 is 0 Å². The first-order chi connectivity index (χ1) is 12.4. The highest BCUT2D eigenvalue weighted by Gasteiger charge is 2.29. The molecule has 1 fully saturated rings. The van der Waals surface area contributed by atoms with Crippen LogP contribution in [0.25, 0.3) is 0 Å². The summed E-state index contributed by atoms with van der Waals surface area (Å²) < 4.78 is 37.3. The van der Waals surface area contributed by atoms with Crippen LogP contribution in [0.2, 0.25) is 0 Å². The van der Waals surface area contributed by atoms with Gasteiger partial charge in [0.05, 0.1) is 23.0 Å². The fraction of sp³-hybridized carbons (Fsp3) is 0.294. The summed E-state index contributed by atoms with van der Waals surface area (Å²) in [4.78, 5) is 10.7. The van der Waals surface area contributed by atoms with Crippen LogP contribution in [0.3, 0.4) is 0 Å². The second kappa shape index (κ2) is 7.30. The van der Waals surface area contributed by atoms with Gasteiger partial charge in [0.1, 0.15) is 12.7 Å². The summed E-state index contributed by atoms with van der Waals surface area (Å²) >= 11 is 0. The zero-order valence-electron chi connectivity index (χ0n) is 14.1. The van der Waals surface area contributed by atoms with E-state index in [0.717, 1.165) is 4.31 Å². The lowest BCUT2D eigenvalue weighted by Crippen LogP contribution is -2.28. The van der Waals surface area contributed by atoms with Crippen LogP contribution in [0.1, 0.15) is 5.56 Å². The summed E-state index contributed by atoms with van der Waals surface area (Å²) in [6.45, 7) is 0.678. The van der Waals surface area contributed by atoms with Crippen molar-refractivity contribution in [3.05, 3.63) is 64.2 Å². The molecule has 0 radical (unpaired) electrons. The number of nitro benzene ring substituents is 1. The van der Waals surface area contributed by atoms with Crippen LogP contribution < -0.4 is 9.04 Å². The second-order valence-electron chi connectivity index (χ2n) is 5.85. The van der Waals surface area contributed by atoms with Crippen molar-refractivity contribution in [2.75, 3.05) is 24.6 Å². The van der Waals surface area contributed by atoms with Crippen molar-refractivity contribution in [1.82, 2.24) is 0 Å². The lowest BCUT2D eigenvalue weighted by atomic mass is 10.2. The fourth-order valence-corrected chi connectivity index (χ4v) is 3.68. The van der Waals surface area contributed by atoms with Crippen LogP contribution in [-0.4, -0.2) is 39.7 Å². The third-order valence-electron chi connectivity index (χ3n) is 3.96. The van der Waals surface area contributed by atoms with Crippen LogP contribution in [-0.2, 0) is 20.5 Å². The number of hydrogen-bond donors (Lipinski definition) is 0. The first-order valence-corrected chi connectivity index (χ1v) is 9.52. The van der Waals surface area contributed by atoms with Crippen LogP contribution in [0.5, 0.6) is 5.75 Å². The lowest BCUT2D eigenvalue weighted by molar-refractivity contribution is -0.385. The highest BCUT2D eigenvalue weighted by molar-refractivity contribution is 7.92. The molecule has 9 heteroatoms. The van der Waals surface area contributed by atoms with Crippen LogP contribution in [0, 0.1) is 10.1 Å². The molecule has 0 N–H and O–H groups in total. The van der Waals surface area contributed by atoms with Crippen molar-refractivity contribution in [1.29, 1.82) is 0 Å². The van der Waals surface area contributed by atoms with E-state index in [1.165, 1.54) is 25.2 Å². The standard InChI is InChI=1S/C17H18N2O6S/c1-18(14-7-3-2-4-8-14)26(22,23)12-13-6-5-9-16(19(20)21)17(13)25-11-15-10-24-15/h2-9,15H,10-12H2,1H3. The van der Waals surface area contributed by atoms with E-state index in [2.05, 4.69) is 0 Å². The lowest BCUT2D eigenvalue weighted by Gasteiger charge is -2.20. The molecule has 3 rings (SSSR count). The SMILES string of the molecule is CN(c1ccccc1)S(=O)(=O)Cc1cccc([N+](=O)[O-])c1OCC1CO1. The Balaban J connectivity index is 1.90. The largest absolute Gasteiger partial charge is 0.484 e. The quantitative estimate of drug-likeness (QED) is 0.397. The Morgan fingerprint density at radius 3 is 2.54 bits per heavy atom. The number of hydrogen-bond acceptors (Lipinski definition) is 6. The molecule has 0 aromatic heterocycles. The molecule has 8 nitrogen and oxygen atoms in total. The first-order valence-electron chi connectivity index (χ1n) is 7.91. The van der Waals surface area contributed by atoms with Gasteiger partial charge in [0, 0.05) is 18.7 Å². The third-order valence-corrected chi connectivity index (χ3v) is 5.68. The predicted molar refractivity (Wildman–Crippen MR) is 95.8 cm³/mol. The minimum atomic E-state index is -3.75. The molecule has 26 heavy (non-hydrogen) atoms. The smallest absolute Gasteiger partial charge is 0.311 e. The summed E-state index contributed by atoms with van der Waals surface area (Å²) in [6.07, 6.45) is -0.105. The van der Waals surface area contributed by atoms with Crippen molar-refractivity contribution >= 4 is 21.4 Å². The van der Waals surface area contributed by atoms with Crippen molar-refractivity contribution in [3.63, 3.8) is 0 Å². The molecule has 0 bridgehead atoms. The van der Waals surface area contributed by atoms with Gasteiger partial charge < -0.3 is 9.47 Å². The molecule has 1 aliphatic heterocycles. The van der Waals surface area contributed by atoms with Gasteiger partial charge in [0.2, 0.25) is 15.8 Å². The maximum Gasteiger partial charge on any atom is 0.311 e. The van der Waals surface area contributed by atoms with E-state index in [1.54, 1.807) is 30.3 Å². The van der Waals surface area contributed by atoms with Crippen molar-refractivity contribution in [2.24, 2.45) is 0 Å². The van der Waals surface area contributed by atoms with Gasteiger partial charge in [0.25, 0.3) is 0 Å². The van der Waals surface area contributed by atoms with Crippen LogP contribution in [0.15, 0.2) is 48.5 Å². The number of anilines is 1. The van der Waals surface area contributed by atoms with Gasteiger partial charge in [-0.2, -0.15) is 0 Å². The van der Waals surface area contributed by atoms with E-state index < -0.39 is 20.7 Å². The van der Waals surface area contributed by atoms with E-state index in [1.807, 2.05) is 0 Å². The number of benzene rings is 2. The predicted octanol–water partition coefficient (Wildman–Crippen LogP) is 2.34. The zero-order valence-corrected chi connectivity index (χ0v) is 14.9.